The summed E-state index contributed by atoms with van der Waals surface area (Å²) < 4.78 is 10.1. The van der Waals surface area contributed by atoms with Crippen LogP contribution in [-0.4, -0.2) is 14.2 Å². The van der Waals surface area contributed by atoms with Gasteiger partial charge in [-0.2, -0.15) is 5.26 Å². The van der Waals surface area contributed by atoms with Crippen molar-refractivity contribution in [3.05, 3.63) is 23.3 Å². The second-order valence-corrected chi connectivity index (χ2v) is 2.79. The van der Waals surface area contributed by atoms with Crippen LogP contribution in [0.4, 0.5) is 5.69 Å². The lowest BCUT2D eigenvalue weighted by molar-refractivity contribution is 0.181. The molecule has 74 valence electrons. The van der Waals surface area contributed by atoms with Crippen LogP contribution >= 0.6 is 0 Å². The monoisotopic (exact) mass is 192 g/mol. The third-order valence-corrected chi connectivity index (χ3v) is 1.86. The van der Waals surface area contributed by atoms with Crippen molar-refractivity contribution in [2.75, 3.05) is 20.0 Å². The van der Waals surface area contributed by atoms with Gasteiger partial charge < -0.3 is 15.2 Å². The summed E-state index contributed by atoms with van der Waals surface area (Å²) in [7, 11) is 3.10. The standard InChI is InChI=1S/C10H12N2O2/c1-13-6-9-7(5-11)3-8(12)4-10(9)14-2/h3-4H,6,12H2,1-2H3. The van der Waals surface area contributed by atoms with Crippen LogP contribution in [0.25, 0.3) is 0 Å². The number of hydrogen-bond acceptors (Lipinski definition) is 4. The molecule has 0 heterocycles. The molecule has 14 heavy (non-hydrogen) atoms. The highest BCUT2D eigenvalue weighted by molar-refractivity contribution is 5.56. The fraction of sp³-hybridized carbons (Fsp3) is 0.300. The number of hydrogen-bond donors (Lipinski definition) is 1. The molecule has 4 heteroatoms. The largest absolute Gasteiger partial charge is 0.496 e. The van der Waals surface area contributed by atoms with Gasteiger partial charge in [-0.05, 0) is 6.07 Å². The molecule has 0 spiro atoms. The summed E-state index contributed by atoms with van der Waals surface area (Å²) in [5.41, 5.74) is 7.33. The molecule has 0 aliphatic rings. The quantitative estimate of drug-likeness (QED) is 0.733. The lowest BCUT2D eigenvalue weighted by Crippen LogP contribution is -1.99. The minimum atomic E-state index is 0.340. The Balaban J connectivity index is 3.27. The Morgan fingerprint density at radius 3 is 2.64 bits per heavy atom. The topological polar surface area (TPSA) is 68.3 Å². The average Bonchev–Trinajstić information content (AvgIpc) is 2.20. The summed E-state index contributed by atoms with van der Waals surface area (Å²) in [4.78, 5) is 0. The van der Waals surface area contributed by atoms with E-state index in [2.05, 4.69) is 6.07 Å². The van der Waals surface area contributed by atoms with E-state index in [1.165, 1.54) is 7.11 Å². The molecule has 4 nitrogen and oxygen atoms in total. The van der Waals surface area contributed by atoms with E-state index in [1.807, 2.05) is 0 Å². The molecule has 1 rings (SSSR count). The SMILES string of the molecule is COCc1c(C#N)cc(N)cc1OC. The van der Waals surface area contributed by atoms with Gasteiger partial charge >= 0.3 is 0 Å². The van der Waals surface area contributed by atoms with Crippen molar-refractivity contribution in [3.8, 4) is 11.8 Å². The van der Waals surface area contributed by atoms with Gasteiger partial charge in [0.15, 0.2) is 0 Å². The summed E-state index contributed by atoms with van der Waals surface area (Å²) in [5, 5.41) is 8.87. The summed E-state index contributed by atoms with van der Waals surface area (Å²) in [5.74, 6) is 0.586. The number of rotatable bonds is 3. The first-order valence-corrected chi connectivity index (χ1v) is 4.08. The Morgan fingerprint density at radius 1 is 1.43 bits per heavy atom. The third-order valence-electron chi connectivity index (χ3n) is 1.86. The molecule has 0 aliphatic carbocycles. The summed E-state index contributed by atoms with van der Waals surface area (Å²) in [6.07, 6.45) is 0. The Kier molecular flexibility index (Phi) is 3.32. The predicted octanol–water partition coefficient (Wildman–Crippen LogP) is 1.30. The number of nitriles is 1. The summed E-state index contributed by atoms with van der Waals surface area (Å²) in [6.45, 7) is 0.340. The molecule has 0 aromatic heterocycles. The van der Waals surface area contributed by atoms with Crippen molar-refractivity contribution in [1.82, 2.24) is 0 Å². The van der Waals surface area contributed by atoms with E-state index in [-0.39, 0.29) is 0 Å². The van der Waals surface area contributed by atoms with Crippen LogP contribution in [0.1, 0.15) is 11.1 Å². The van der Waals surface area contributed by atoms with Gasteiger partial charge in [-0.3, -0.25) is 0 Å². The van der Waals surface area contributed by atoms with Crippen molar-refractivity contribution in [1.29, 1.82) is 5.26 Å². The molecule has 1 aromatic carbocycles. The molecular formula is C10H12N2O2. The fourth-order valence-corrected chi connectivity index (χ4v) is 1.24. The molecule has 2 N–H and O–H groups in total. The zero-order chi connectivity index (χ0) is 10.6. The lowest BCUT2D eigenvalue weighted by Gasteiger charge is -2.10. The van der Waals surface area contributed by atoms with Crippen molar-refractivity contribution in [2.24, 2.45) is 0 Å². The van der Waals surface area contributed by atoms with Gasteiger partial charge in [0.25, 0.3) is 0 Å². The lowest BCUT2D eigenvalue weighted by atomic mass is 10.1. The van der Waals surface area contributed by atoms with Gasteiger partial charge in [0.1, 0.15) is 5.75 Å². The van der Waals surface area contributed by atoms with Gasteiger partial charge in [-0.1, -0.05) is 0 Å². The molecule has 0 amide bonds. The average molecular weight is 192 g/mol. The minimum absolute atomic E-state index is 0.340. The third kappa shape index (κ3) is 1.95. The van der Waals surface area contributed by atoms with Gasteiger partial charge in [0, 0.05) is 24.4 Å². The molecule has 0 atom stereocenters. The summed E-state index contributed by atoms with van der Waals surface area (Å²) in [6, 6.07) is 5.34. The maximum absolute atomic E-state index is 8.87. The fourth-order valence-electron chi connectivity index (χ4n) is 1.24. The van der Waals surface area contributed by atoms with Crippen LogP contribution in [0, 0.1) is 11.3 Å². The van der Waals surface area contributed by atoms with Crippen LogP contribution in [0.3, 0.4) is 0 Å². The normalized spacial score (nSPS) is 9.50. The first-order valence-electron chi connectivity index (χ1n) is 4.08. The highest BCUT2D eigenvalue weighted by Crippen LogP contribution is 2.26. The van der Waals surface area contributed by atoms with Gasteiger partial charge in [0.05, 0.1) is 25.3 Å². The maximum Gasteiger partial charge on any atom is 0.127 e. The maximum atomic E-state index is 8.87. The Bertz CT molecular complexity index is 369. The number of methoxy groups -OCH3 is 2. The van der Waals surface area contributed by atoms with Crippen molar-refractivity contribution >= 4 is 5.69 Å². The number of nitrogens with two attached hydrogens (primary N) is 1. The van der Waals surface area contributed by atoms with Crippen LogP contribution in [-0.2, 0) is 11.3 Å². The van der Waals surface area contributed by atoms with Crippen molar-refractivity contribution in [3.63, 3.8) is 0 Å². The number of benzene rings is 1. The number of anilines is 1. The Hall–Kier alpha value is -1.73. The predicted molar refractivity (Wildman–Crippen MR) is 52.8 cm³/mol. The van der Waals surface area contributed by atoms with Gasteiger partial charge in [-0.25, -0.2) is 0 Å². The van der Waals surface area contributed by atoms with Gasteiger partial charge in [-0.15, -0.1) is 0 Å². The Labute approximate surface area is 82.9 Å². The molecule has 0 radical (unpaired) electrons. The highest BCUT2D eigenvalue weighted by Gasteiger charge is 2.09. The van der Waals surface area contributed by atoms with Crippen LogP contribution in [0.15, 0.2) is 12.1 Å². The number of ether oxygens (including phenoxy) is 2. The van der Waals surface area contributed by atoms with E-state index in [0.29, 0.717) is 23.6 Å². The van der Waals surface area contributed by atoms with Crippen molar-refractivity contribution < 1.29 is 9.47 Å². The molecule has 0 unspecified atom stereocenters. The molecular weight excluding hydrogens is 180 g/mol. The molecule has 0 saturated carbocycles. The second-order valence-electron chi connectivity index (χ2n) is 2.79. The second kappa shape index (κ2) is 4.49. The smallest absolute Gasteiger partial charge is 0.127 e. The summed E-state index contributed by atoms with van der Waals surface area (Å²) >= 11 is 0. The van der Waals surface area contributed by atoms with Crippen LogP contribution in [0.5, 0.6) is 5.75 Å². The minimum Gasteiger partial charge on any atom is -0.496 e. The van der Waals surface area contributed by atoms with E-state index >= 15 is 0 Å². The molecule has 1 aromatic rings. The molecule has 0 saturated heterocycles. The Morgan fingerprint density at radius 2 is 2.14 bits per heavy atom. The van der Waals surface area contributed by atoms with Gasteiger partial charge in [0.2, 0.25) is 0 Å². The first-order chi connectivity index (χ1) is 6.72. The molecule has 0 aliphatic heterocycles. The number of nitrogen functional groups attached to an aromatic ring is 1. The molecule has 0 bridgehead atoms. The highest BCUT2D eigenvalue weighted by atomic mass is 16.5. The zero-order valence-corrected chi connectivity index (χ0v) is 8.20. The van der Waals surface area contributed by atoms with Crippen molar-refractivity contribution in [2.45, 2.75) is 6.61 Å². The van der Waals surface area contributed by atoms with Crippen LogP contribution in [0.2, 0.25) is 0 Å². The van der Waals surface area contributed by atoms with Crippen LogP contribution < -0.4 is 10.5 Å². The molecule has 0 fully saturated rings. The van der Waals surface area contributed by atoms with E-state index < -0.39 is 0 Å². The number of nitrogens with zero attached hydrogens (tertiary/aromatic N) is 1. The van der Waals surface area contributed by atoms with E-state index in [4.69, 9.17) is 20.5 Å². The first kappa shape index (κ1) is 10.4. The van der Waals surface area contributed by atoms with E-state index in [1.54, 1.807) is 19.2 Å². The zero-order valence-electron chi connectivity index (χ0n) is 8.20. The van der Waals surface area contributed by atoms with E-state index in [0.717, 1.165) is 5.56 Å². The van der Waals surface area contributed by atoms with E-state index in [9.17, 15) is 0 Å².